The molecule has 0 saturated carbocycles. The number of nitrogens with zero attached hydrogens (tertiary/aromatic N) is 3. The van der Waals surface area contributed by atoms with Gasteiger partial charge in [0.15, 0.2) is 11.5 Å². The zero-order chi connectivity index (χ0) is 99.3. The minimum atomic E-state index is -9.18. The number of esters is 1. The summed E-state index contributed by atoms with van der Waals surface area (Å²) in [6, 6.07) is 4.53. The summed E-state index contributed by atoms with van der Waals surface area (Å²) < 4.78 is 734. The van der Waals surface area contributed by atoms with Gasteiger partial charge >= 0.3 is 149 Å². The molecule has 0 fully saturated rings. The molecule has 728 valence electrons. The Kier molecular flexibility index (Phi) is 32.5. The Morgan fingerprint density at radius 2 is 0.698 bits per heavy atom. The van der Waals surface area contributed by atoms with Crippen LogP contribution < -0.4 is 19.1 Å². The number of carbonyl (C=O) groups is 3. The molecule has 0 aliphatic carbocycles. The molecule has 0 unspecified atom stereocenters. The molecule has 1 aliphatic rings. The predicted octanol–water partition coefficient (Wildman–Crippen LogP) is 24.9. The number of carbonyl (C=O) groups excluding carboxylic acids is 3. The Labute approximate surface area is 673 Å². The average Bonchev–Trinajstić information content (AvgIpc) is 0.715. The zero-order valence-electron chi connectivity index (χ0n) is 61.7. The van der Waals surface area contributed by atoms with Crippen LogP contribution in [-0.4, -0.2) is 212 Å². The lowest BCUT2D eigenvalue weighted by Gasteiger charge is -2.42. The SMILES string of the molecule is CCCCN(CC)c1ccc(/C=C2\C(=O)N(CCCOC(=O)c3cc(OCCCCC(F)(F)C(F)(F)C(F)(F)C(F)(F)C(F)(F)C(F)(F)C(F)(F)C(F)(F)F)c(OCCCCC(F)(F)C(F)(F)C(F)(F)C(F)(F)C(F)(F)C(F)(F)C(F)(F)C(F)(F)F)c(OCCCCC(F)(F)C(F)(F)C(F)(F)C(F)(F)C(F)(F)C(F)(F)C(F)(F)C(F)(F)F)c3)C(=O)C(C#N)=C2C)s1. The van der Waals surface area contributed by atoms with Crippen LogP contribution in [-0.2, 0) is 14.3 Å². The maximum atomic E-state index is 15.0. The van der Waals surface area contributed by atoms with Crippen LogP contribution in [0.3, 0.4) is 0 Å². The van der Waals surface area contributed by atoms with Crippen molar-refractivity contribution in [3.63, 3.8) is 0 Å². The summed E-state index contributed by atoms with van der Waals surface area (Å²) in [5.41, 5.74) is -2.79. The number of alkyl halides is 51. The Balaban J connectivity index is 2.30. The van der Waals surface area contributed by atoms with Crippen LogP contribution in [0.2, 0.25) is 0 Å². The fourth-order valence-electron chi connectivity index (χ4n) is 10.3. The third kappa shape index (κ3) is 19.1. The Bertz CT molecular complexity index is 4100. The summed E-state index contributed by atoms with van der Waals surface area (Å²) in [6.45, 7) is -2.19. The lowest BCUT2D eigenvalue weighted by atomic mass is 9.88. The van der Waals surface area contributed by atoms with E-state index < -0.39 is 286 Å². The highest BCUT2D eigenvalue weighted by Gasteiger charge is 2.99. The number of ether oxygens (including phenoxy) is 4. The number of imide groups is 1. The average molecular weight is 1980 g/mol. The maximum Gasteiger partial charge on any atom is 0.460 e. The van der Waals surface area contributed by atoms with E-state index >= 15 is 0 Å². The van der Waals surface area contributed by atoms with E-state index in [1.54, 1.807) is 13.0 Å². The Morgan fingerprint density at radius 3 is 0.992 bits per heavy atom. The van der Waals surface area contributed by atoms with Crippen LogP contribution in [0.5, 0.6) is 17.2 Å². The normalized spacial score (nSPS) is 16.2. The van der Waals surface area contributed by atoms with Gasteiger partial charge in [0.2, 0.25) is 5.75 Å². The number of halogens is 51. The van der Waals surface area contributed by atoms with Crippen molar-refractivity contribution in [1.82, 2.24) is 4.90 Å². The molecule has 126 heavy (non-hydrogen) atoms. The van der Waals surface area contributed by atoms with Crippen LogP contribution in [0.15, 0.2) is 41.0 Å². The number of rotatable bonds is 47. The lowest BCUT2D eigenvalue weighted by Crippen LogP contribution is -2.74. The first-order valence-electron chi connectivity index (χ1n) is 33.8. The van der Waals surface area contributed by atoms with E-state index in [-0.39, 0.29) is 23.3 Å². The molecule has 0 saturated heterocycles. The van der Waals surface area contributed by atoms with Gasteiger partial charge in [0.05, 0.1) is 37.0 Å². The zero-order valence-corrected chi connectivity index (χ0v) is 62.5. The molecule has 1 aliphatic heterocycles. The van der Waals surface area contributed by atoms with Crippen LogP contribution in [0.4, 0.5) is 229 Å². The van der Waals surface area contributed by atoms with E-state index in [4.69, 9.17) is 18.9 Å². The molecule has 0 spiro atoms. The number of hydrogen-bond acceptors (Lipinski definition) is 10. The standard InChI is InChI=1S/C64H52F51N3O7S/c1-4-6-19-117(5-2)36-15-14-31(126-36)27-32-29(3)33(28-116)39(120)118(38(32)119)20-13-24-125-40(121)30-25-34(122-21-10-7-16-41(65,66)44(71,72)47(77,78)50(83,84)53(89,90)56(95,96)59(101,102)62(107,108)109)37(124-23-12-9-18-43(69,70)46(75,76)49(81,82)52(87,88)55(93,94)58(99,100)61(105,106)64(113,114)115)35(26-30)123-22-11-8-17-42(67,68)45(73,74)48(79,80)51(85,86)54(91,92)57(97,98)60(103,104)63(110,111)112/h14-15,25-27H,4-13,16-24H2,1-3H3/b32-27-. The largest absolute Gasteiger partial charge is 0.490 e. The van der Waals surface area contributed by atoms with Crippen molar-refractivity contribution in [2.24, 2.45) is 0 Å². The van der Waals surface area contributed by atoms with Crippen LogP contribution in [0.1, 0.15) is 113 Å². The highest BCUT2D eigenvalue weighted by molar-refractivity contribution is 7.17. The first-order valence-corrected chi connectivity index (χ1v) is 34.7. The van der Waals surface area contributed by atoms with Crippen LogP contribution >= 0.6 is 11.3 Å². The summed E-state index contributed by atoms with van der Waals surface area (Å²) in [7, 11) is 0. The number of hydrogen-bond donors (Lipinski definition) is 0. The first kappa shape index (κ1) is 112. The molecule has 3 rings (SSSR count). The number of thiophene rings is 1. The van der Waals surface area contributed by atoms with Crippen molar-refractivity contribution >= 4 is 40.2 Å². The Morgan fingerprint density at radius 1 is 0.397 bits per heavy atom. The molecule has 1 aromatic heterocycles. The summed E-state index contributed by atoms with van der Waals surface area (Å²) >= 11 is 1.08. The highest BCUT2D eigenvalue weighted by Crippen LogP contribution is 2.69. The second-order valence-corrected chi connectivity index (χ2v) is 27.8. The quantitative estimate of drug-likeness (QED) is 0.0210. The minimum absolute atomic E-state index is 0.0433. The summed E-state index contributed by atoms with van der Waals surface area (Å²) in [6.07, 6.45) is -45.1. The van der Waals surface area contributed by atoms with Gasteiger partial charge in [-0.1, -0.05) is 13.3 Å². The fourth-order valence-corrected chi connectivity index (χ4v) is 11.3. The van der Waals surface area contributed by atoms with Gasteiger partial charge in [-0.15, -0.1) is 11.3 Å². The number of anilines is 1. The third-order valence-corrected chi connectivity index (χ3v) is 19.1. The van der Waals surface area contributed by atoms with Crippen LogP contribution in [0.25, 0.3) is 6.08 Å². The van der Waals surface area contributed by atoms with Gasteiger partial charge in [-0.05, 0) is 101 Å². The first-order chi connectivity index (χ1) is 55.9. The lowest BCUT2D eigenvalue weighted by molar-refractivity contribution is -0.461. The summed E-state index contributed by atoms with van der Waals surface area (Å²) in [4.78, 5) is 43.7. The molecule has 0 N–H and O–H groups in total. The second-order valence-electron chi connectivity index (χ2n) is 26.7. The maximum absolute atomic E-state index is 15.0. The molecule has 2 aromatic rings. The van der Waals surface area contributed by atoms with Crippen LogP contribution in [0, 0.1) is 11.3 Å². The van der Waals surface area contributed by atoms with Crippen molar-refractivity contribution in [2.75, 3.05) is 51.0 Å². The van der Waals surface area contributed by atoms with Crippen molar-refractivity contribution in [3.8, 4) is 23.3 Å². The molecule has 1 aromatic carbocycles. The number of nitriles is 1. The molecule has 0 atom stereocenters. The van der Waals surface area contributed by atoms with Gasteiger partial charge in [0.1, 0.15) is 11.6 Å². The molecule has 2 heterocycles. The predicted molar refractivity (Wildman–Crippen MR) is 322 cm³/mol. The van der Waals surface area contributed by atoms with Crippen molar-refractivity contribution in [2.45, 2.75) is 241 Å². The Hall–Kier alpha value is -7.87. The van der Waals surface area contributed by atoms with E-state index in [0.717, 1.165) is 24.7 Å². The molecule has 10 nitrogen and oxygen atoms in total. The van der Waals surface area contributed by atoms with Crippen molar-refractivity contribution < 1.29 is 257 Å². The monoisotopic (exact) mass is 1980 g/mol. The highest BCUT2D eigenvalue weighted by atomic mass is 32.1. The van der Waals surface area contributed by atoms with Gasteiger partial charge < -0.3 is 23.8 Å². The second kappa shape index (κ2) is 36.5. The van der Waals surface area contributed by atoms with E-state index in [1.807, 2.05) is 11.8 Å². The van der Waals surface area contributed by atoms with E-state index in [2.05, 4.69) is 0 Å². The van der Waals surface area contributed by atoms with Gasteiger partial charge in [0.25, 0.3) is 11.8 Å². The van der Waals surface area contributed by atoms with Gasteiger partial charge in [0, 0.05) is 49.3 Å². The van der Waals surface area contributed by atoms with Gasteiger partial charge in [-0.25, -0.2) is 4.79 Å². The molecule has 0 bridgehead atoms. The summed E-state index contributed by atoms with van der Waals surface area (Å²) in [5, 5.41) is 10.5. The number of amides is 2. The molecule has 0 radical (unpaired) electrons. The third-order valence-electron chi connectivity index (χ3n) is 18.0. The van der Waals surface area contributed by atoms with Gasteiger partial charge in [-0.2, -0.15) is 229 Å². The van der Waals surface area contributed by atoms with Crippen molar-refractivity contribution in [3.05, 3.63) is 51.4 Å². The van der Waals surface area contributed by atoms with E-state index in [9.17, 15) is 244 Å². The van der Waals surface area contributed by atoms with E-state index in [0.29, 0.717) is 34.3 Å². The molecule has 62 heteroatoms. The van der Waals surface area contributed by atoms with E-state index in [1.165, 1.54) is 18.2 Å². The van der Waals surface area contributed by atoms with Crippen molar-refractivity contribution in [1.29, 1.82) is 5.26 Å². The minimum Gasteiger partial charge on any atom is -0.490 e. The summed E-state index contributed by atoms with van der Waals surface area (Å²) in [5.74, 6) is -192. The molecular formula is C64H52F51N3O7S. The molecular weight excluding hydrogens is 1920 g/mol. The smallest absolute Gasteiger partial charge is 0.460 e. The number of unbranched alkanes of at least 4 members (excludes halogenated alkanes) is 4. The fraction of sp³-hybridized carbons (Fsp3) is 0.719. The van der Waals surface area contributed by atoms with Gasteiger partial charge in [-0.3, -0.25) is 14.5 Å². The topological polar surface area (TPSA) is 118 Å². The number of benzene rings is 1. The molecule has 2 amide bonds.